The van der Waals surface area contributed by atoms with E-state index in [1.54, 1.807) is 0 Å². The van der Waals surface area contributed by atoms with Crippen molar-refractivity contribution in [1.29, 1.82) is 0 Å². The molecule has 1 rings (SSSR count). The number of nitrogens with zero attached hydrogens (tertiary/aromatic N) is 1. The normalized spacial score (nSPS) is 10.2. The number of amides is 1. The van der Waals surface area contributed by atoms with Crippen LogP contribution in [-0.4, -0.2) is 25.1 Å². The molecule has 0 aliphatic rings. The van der Waals surface area contributed by atoms with Crippen LogP contribution in [0.1, 0.15) is 10.4 Å². The Morgan fingerprint density at radius 1 is 1.60 bits per heavy atom. The van der Waals surface area contributed by atoms with Gasteiger partial charge in [-0.3, -0.25) is 9.63 Å². The van der Waals surface area contributed by atoms with Gasteiger partial charge in [0.2, 0.25) is 0 Å². The van der Waals surface area contributed by atoms with Gasteiger partial charge in [0, 0.05) is 11.5 Å². The van der Waals surface area contributed by atoms with E-state index in [4.69, 9.17) is 11.6 Å². The fraction of sp³-hybridized carbons (Fsp3) is 0.222. The van der Waals surface area contributed by atoms with Crippen LogP contribution < -0.4 is 0 Å². The fourth-order valence-electron chi connectivity index (χ4n) is 0.964. The van der Waals surface area contributed by atoms with Gasteiger partial charge in [-0.15, -0.1) is 0 Å². The highest BCUT2D eigenvalue weighted by Crippen LogP contribution is 2.24. The summed E-state index contributed by atoms with van der Waals surface area (Å²) < 4.78 is 14.0. The average Bonchev–Trinajstić information content (AvgIpc) is 2.21. The number of rotatable bonds is 2. The third kappa shape index (κ3) is 2.68. The van der Waals surface area contributed by atoms with E-state index in [1.165, 1.54) is 26.3 Å². The summed E-state index contributed by atoms with van der Waals surface area (Å²) in [5, 5.41) is 0.804. The maximum Gasteiger partial charge on any atom is 0.280 e. The molecule has 1 amide bonds. The van der Waals surface area contributed by atoms with Gasteiger partial charge in [-0.2, -0.15) is 0 Å². The molecular weight excluding hydrogens is 288 g/mol. The average molecular weight is 297 g/mol. The summed E-state index contributed by atoms with van der Waals surface area (Å²) in [6, 6.07) is 2.72. The molecule has 0 aromatic heterocycles. The SMILES string of the molecule is CON(C)C(=O)c1cc(Br)cc(Cl)c1F. The lowest BCUT2D eigenvalue weighted by Gasteiger charge is -2.14. The second-order valence-corrected chi connectivity index (χ2v) is 4.06. The Labute approximate surface area is 99.9 Å². The van der Waals surface area contributed by atoms with E-state index < -0.39 is 11.7 Å². The number of halogens is 3. The number of carbonyl (C=O) groups excluding carboxylic acids is 1. The molecule has 0 atom stereocenters. The van der Waals surface area contributed by atoms with Crippen molar-refractivity contribution in [1.82, 2.24) is 5.06 Å². The maximum atomic E-state index is 13.5. The Balaban J connectivity index is 3.19. The van der Waals surface area contributed by atoms with E-state index in [-0.39, 0.29) is 10.6 Å². The smallest absolute Gasteiger partial charge is 0.274 e. The first kappa shape index (κ1) is 12.4. The van der Waals surface area contributed by atoms with E-state index >= 15 is 0 Å². The molecule has 0 unspecified atom stereocenters. The second-order valence-electron chi connectivity index (χ2n) is 2.73. The van der Waals surface area contributed by atoms with Crippen molar-refractivity contribution >= 4 is 33.4 Å². The molecular formula is C9H8BrClFNO2. The number of carbonyl (C=O) groups is 1. The Hall–Kier alpha value is -0.650. The van der Waals surface area contributed by atoms with Gasteiger partial charge in [-0.25, -0.2) is 9.45 Å². The molecule has 0 aliphatic heterocycles. The summed E-state index contributed by atoms with van der Waals surface area (Å²) in [7, 11) is 2.70. The van der Waals surface area contributed by atoms with E-state index in [0.717, 1.165) is 5.06 Å². The van der Waals surface area contributed by atoms with Crippen LogP contribution >= 0.6 is 27.5 Å². The standard InChI is InChI=1S/C9H8BrClFNO2/c1-13(15-2)9(14)6-3-5(10)4-7(11)8(6)12/h3-4H,1-2H3. The molecule has 0 fully saturated rings. The number of hydrogen-bond acceptors (Lipinski definition) is 2. The first-order valence-electron chi connectivity index (χ1n) is 3.94. The Morgan fingerprint density at radius 2 is 2.20 bits per heavy atom. The van der Waals surface area contributed by atoms with Gasteiger partial charge >= 0.3 is 0 Å². The molecule has 0 saturated carbocycles. The van der Waals surface area contributed by atoms with Crippen molar-refractivity contribution in [3.8, 4) is 0 Å². The monoisotopic (exact) mass is 295 g/mol. The minimum atomic E-state index is -0.756. The third-order valence-electron chi connectivity index (χ3n) is 1.78. The highest BCUT2D eigenvalue weighted by molar-refractivity contribution is 9.10. The lowest BCUT2D eigenvalue weighted by atomic mass is 10.2. The topological polar surface area (TPSA) is 29.5 Å². The summed E-state index contributed by atoms with van der Waals surface area (Å²) >= 11 is 8.72. The van der Waals surface area contributed by atoms with Gasteiger partial charge in [-0.1, -0.05) is 27.5 Å². The zero-order chi connectivity index (χ0) is 11.6. The quantitative estimate of drug-likeness (QED) is 0.620. The minimum absolute atomic E-state index is 0.114. The lowest BCUT2D eigenvalue weighted by Crippen LogP contribution is -2.26. The van der Waals surface area contributed by atoms with E-state index in [2.05, 4.69) is 20.8 Å². The molecule has 0 spiro atoms. The van der Waals surface area contributed by atoms with Gasteiger partial charge in [0.1, 0.15) is 0 Å². The molecule has 1 aromatic rings. The molecule has 15 heavy (non-hydrogen) atoms. The predicted molar refractivity (Wildman–Crippen MR) is 58.2 cm³/mol. The van der Waals surface area contributed by atoms with Crippen molar-refractivity contribution in [3.05, 3.63) is 33.0 Å². The molecule has 0 N–H and O–H groups in total. The van der Waals surface area contributed by atoms with Crippen molar-refractivity contribution in [2.24, 2.45) is 0 Å². The highest BCUT2D eigenvalue weighted by atomic mass is 79.9. The van der Waals surface area contributed by atoms with Gasteiger partial charge in [0.05, 0.1) is 17.7 Å². The van der Waals surface area contributed by atoms with Crippen LogP contribution in [-0.2, 0) is 4.84 Å². The first-order chi connectivity index (χ1) is 6.97. The zero-order valence-electron chi connectivity index (χ0n) is 8.05. The van der Waals surface area contributed by atoms with E-state index in [0.29, 0.717) is 4.47 Å². The number of hydrogen-bond donors (Lipinski definition) is 0. The minimum Gasteiger partial charge on any atom is -0.274 e. The molecule has 82 valence electrons. The Kier molecular flexibility index (Phi) is 4.07. The summed E-state index contributed by atoms with van der Waals surface area (Å²) in [5.41, 5.74) is -0.140. The predicted octanol–water partition coefficient (Wildman–Crippen LogP) is 2.88. The van der Waals surface area contributed by atoms with Gasteiger partial charge in [0.15, 0.2) is 5.82 Å². The van der Waals surface area contributed by atoms with Crippen molar-refractivity contribution < 1.29 is 14.0 Å². The molecule has 0 aliphatic carbocycles. The van der Waals surface area contributed by atoms with Gasteiger partial charge in [-0.05, 0) is 12.1 Å². The molecule has 3 nitrogen and oxygen atoms in total. The second kappa shape index (κ2) is 4.92. The zero-order valence-corrected chi connectivity index (χ0v) is 10.4. The number of benzene rings is 1. The Bertz CT molecular complexity index is 400. The van der Waals surface area contributed by atoms with Crippen molar-refractivity contribution in [2.75, 3.05) is 14.2 Å². The van der Waals surface area contributed by atoms with Crippen LogP contribution in [0.2, 0.25) is 5.02 Å². The summed E-state index contributed by atoms with van der Waals surface area (Å²) in [6.07, 6.45) is 0. The van der Waals surface area contributed by atoms with Crippen LogP contribution in [0.5, 0.6) is 0 Å². The molecule has 0 heterocycles. The fourth-order valence-corrected chi connectivity index (χ4v) is 1.77. The summed E-state index contributed by atoms with van der Waals surface area (Å²) in [5.74, 6) is -1.35. The molecule has 0 bridgehead atoms. The number of hydroxylamine groups is 2. The summed E-state index contributed by atoms with van der Waals surface area (Å²) in [4.78, 5) is 16.2. The van der Waals surface area contributed by atoms with Crippen LogP contribution in [0.3, 0.4) is 0 Å². The molecule has 0 saturated heterocycles. The summed E-state index contributed by atoms with van der Waals surface area (Å²) in [6.45, 7) is 0. The Morgan fingerprint density at radius 3 is 2.73 bits per heavy atom. The van der Waals surface area contributed by atoms with Crippen LogP contribution in [0, 0.1) is 5.82 Å². The maximum absolute atomic E-state index is 13.5. The van der Waals surface area contributed by atoms with Crippen LogP contribution in [0.4, 0.5) is 4.39 Å². The first-order valence-corrected chi connectivity index (χ1v) is 5.11. The largest absolute Gasteiger partial charge is 0.280 e. The highest BCUT2D eigenvalue weighted by Gasteiger charge is 2.19. The lowest BCUT2D eigenvalue weighted by molar-refractivity contribution is -0.0759. The van der Waals surface area contributed by atoms with Gasteiger partial charge in [0.25, 0.3) is 5.91 Å². The van der Waals surface area contributed by atoms with E-state index in [9.17, 15) is 9.18 Å². The third-order valence-corrected chi connectivity index (χ3v) is 2.52. The molecule has 6 heteroatoms. The molecule has 0 radical (unpaired) electrons. The van der Waals surface area contributed by atoms with Crippen molar-refractivity contribution in [3.63, 3.8) is 0 Å². The van der Waals surface area contributed by atoms with Crippen LogP contribution in [0.25, 0.3) is 0 Å². The van der Waals surface area contributed by atoms with E-state index in [1.807, 2.05) is 0 Å². The van der Waals surface area contributed by atoms with Crippen LogP contribution in [0.15, 0.2) is 16.6 Å². The van der Waals surface area contributed by atoms with Gasteiger partial charge < -0.3 is 0 Å². The van der Waals surface area contributed by atoms with Crippen molar-refractivity contribution in [2.45, 2.75) is 0 Å². The molecule has 1 aromatic carbocycles.